The molecule has 0 bridgehead atoms. The molecule has 16 heavy (non-hydrogen) atoms. The van der Waals surface area contributed by atoms with Crippen molar-refractivity contribution in [2.24, 2.45) is 0 Å². The SMILES string of the molecule is COC(=O)c1ccc(C(F)(F)F)c(F)c1O. The summed E-state index contributed by atoms with van der Waals surface area (Å²) in [6.45, 7) is 0. The molecule has 88 valence electrons. The Morgan fingerprint density at radius 3 is 2.38 bits per heavy atom. The van der Waals surface area contributed by atoms with Crippen LogP contribution in [0.2, 0.25) is 0 Å². The summed E-state index contributed by atoms with van der Waals surface area (Å²) in [6, 6.07) is 1.01. The number of hydrogen-bond acceptors (Lipinski definition) is 3. The molecule has 1 rings (SSSR count). The molecule has 0 aliphatic rings. The number of aromatic hydroxyl groups is 1. The van der Waals surface area contributed by atoms with Crippen LogP contribution in [0.3, 0.4) is 0 Å². The molecule has 1 aromatic rings. The van der Waals surface area contributed by atoms with Crippen molar-refractivity contribution in [1.82, 2.24) is 0 Å². The van der Waals surface area contributed by atoms with E-state index < -0.39 is 34.8 Å². The lowest BCUT2D eigenvalue weighted by Gasteiger charge is -2.10. The van der Waals surface area contributed by atoms with Crippen molar-refractivity contribution in [2.45, 2.75) is 6.18 Å². The van der Waals surface area contributed by atoms with Gasteiger partial charge in [0.1, 0.15) is 5.56 Å². The standard InChI is InChI=1S/C9H6F4O3/c1-16-8(15)4-2-3-5(9(11,12)13)6(10)7(4)14/h2-3,14H,1H3. The molecule has 0 amide bonds. The second-order valence-corrected chi connectivity index (χ2v) is 2.81. The maximum absolute atomic E-state index is 13.1. The van der Waals surface area contributed by atoms with Crippen LogP contribution < -0.4 is 0 Å². The highest BCUT2D eigenvalue weighted by atomic mass is 19.4. The van der Waals surface area contributed by atoms with Gasteiger partial charge in [0.15, 0.2) is 11.6 Å². The fraction of sp³-hybridized carbons (Fsp3) is 0.222. The maximum Gasteiger partial charge on any atom is 0.419 e. The number of carbonyl (C=O) groups excluding carboxylic acids is 1. The molecule has 0 saturated carbocycles. The summed E-state index contributed by atoms with van der Waals surface area (Å²) in [7, 11) is 0.956. The molecular formula is C9H6F4O3. The second kappa shape index (κ2) is 3.99. The number of phenolic OH excluding ortho intramolecular Hbond substituents is 1. The Bertz CT molecular complexity index is 425. The van der Waals surface area contributed by atoms with Crippen molar-refractivity contribution in [2.75, 3.05) is 7.11 Å². The summed E-state index contributed by atoms with van der Waals surface area (Å²) in [5, 5.41) is 9.07. The van der Waals surface area contributed by atoms with Crippen LogP contribution in [0.5, 0.6) is 5.75 Å². The molecule has 1 aromatic carbocycles. The zero-order chi connectivity index (χ0) is 12.5. The molecule has 0 saturated heterocycles. The highest BCUT2D eigenvalue weighted by molar-refractivity contribution is 5.92. The molecule has 0 heterocycles. The lowest BCUT2D eigenvalue weighted by atomic mass is 10.1. The van der Waals surface area contributed by atoms with Gasteiger partial charge in [0, 0.05) is 0 Å². The molecule has 3 nitrogen and oxygen atoms in total. The smallest absolute Gasteiger partial charge is 0.419 e. The van der Waals surface area contributed by atoms with Gasteiger partial charge >= 0.3 is 12.1 Å². The van der Waals surface area contributed by atoms with Gasteiger partial charge in [-0.2, -0.15) is 13.2 Å². The highest BCUT2D eigenvalue weighted by Gasteiger charge is 2.36. The third-order valence-electron chi connectivity index (χ3n) is 1.83. The summed E-state index contributed by atoms with van der Waals surface area (Å²) in [4.78, 5) is 10.9. The predicted octanol–water partition coefficient (Wildman–Crippen LogP) is 2.34. The minimum Gasteiger partial charge on any atom is -0.504 e. The predicted molar refractivity (Wildman–Crippen MR) is 44.4 cm³/mol. The first-order chi connectivity index (χ1) is 7.29. The van der Waals surface area contributed by atoms with Crippen LogP contribution in [0, 0.1) is 5.82 Å². The van der Waals surface area contributed by atoms with Crippen LogP contribution in [-0.2, 0) is 10.9 Å². The number of phenols is 1. The van der Waals surface area contributed by atoms with Crippen LogP contribution >= 0.6 is 0 Å². The third-order valence-corrected chi connectivity index (χ3v) is 1.83. The Kier molecular flexibility index (Phi) is 3.06. The molecule has 0 fully saturated rings. The summed E-state index contributed by atoms with van der Waals surface area (Å²) in [5.74, 6) is -4.39. The molecule has 0 aliphatic heterocycles. The number of rotatable bonds is 1. The van der Waals surface area contributed by atoms with E-state index in [1.54, 1.807) is 0 Å². The van der Waals surface area contributed by atoms with E-state index in [4.69, 9.17) is 5.11 Å². The average Bonchev–Trinajstić information content (AvgIpc) is 2.19. The van der Waals surface area contributed by atoms with Crippen LogP contribution in [-0.4, -0.2) is 18.2 Å². The molecule has 0 spiro atoms. The minimum absolute atomic E-state index is 0.362. The van der Waals surface area contributed by atoms with Crippen LogP contribution in [0.25, 0.3) is 0 Å². The molecule has 1 N–H and O–H groups in total. The van der Waals surface area contributed by atoms with E-state index in [0.29, 0.717) is 12.1 Å². The normalized spacial score (nSPS) is 11.3. The first-order valence-electron chi connectivity index (χ1n) is 3.96. The van der Waals surface area contributed by atoms with E-state index in [1.165, 1.54) is 0 Å². The van der Waals surface area contributed by atoms with Gasteiger partial charge in [0.2, 0.25) is 0 Å². The number of methoxy groups -OCH3 is 1. The summed E-state index contributed by atoms with van der Waals surface area (Å²) < 4.78 is 53.8. The van der Waals surface area contributed by atoms with E-state index in [-0.39, 0.29) is 0 Å². The fourth-order valence-electron chi connectivity index (χ4n) is 1.06. The van der Waals surface area contributed by atoms with Gasteiger partial charge in [0.25, 0.3) is 0 Å². The fourth-order valence-corrected chi connectivity index (χ4v) is 1.06. The Hall–Kier alpha value is -1.79. The maximum atomic E-state index is 13.1. The zero-order valence-corrected chi connectivity index (χ0v) is 7.93. The Morgan fingerprint density at radius 1 is 1.38 bits per heavy atom. The number of alkyl halides is 3. The third kappa shape index (κ3) is 2.07. The van der Waals surface area contributed by atoms with Crippen molar-refractivity contribution in [1.29, 1.82) is 0 Å². The molecule has 0 aromatic heterocycles. The number of ether oxygens (including phenoxy) is 1. The quantitative estimate of drug-likeness (QED) is 0.603. The van der Waals surface area contributed by atoms with Gasteiger partial charge in [-0.25, -0.2) is 9.18 Å². The van der Waals surface area contributed by atoms with Crippen molar-refractivity contribution < 1.29 is 32.2 Å². The van der Waals surface area contributed by atoms with E-state index in [2.05, 4.69) is 4.74 Å². The van der Waals surface area contributed by atoms with Gasteiger partial charge in [0.05, 0.1) is 12.7 Å². The van der Waals surface area contributed by atoms with Crippen LogP contribution in [0.1, 0.15) is 15.9 Å². The number of hydrogen-bond donors (Lipinski definition) is 1. The van der Waals surface area contributed by atoms with Crippen molar-refractivity contribution >= 4 is 5.97 Å². The number of halogens is 4. The monoisotopic (exact) mass is 238 g/mol. The highest BCUT2D eigenvalue weighted by Crippen LogP contribution is 2.36. The van der Waals surface area contributed by atoms with Gasteiger partial charge in [-0.1, -0.05) is 0 Å². The average molecular weight is 238 g/mol. The lowest BCUT2D eigenvalue weighted by molar-refractivity contribution is -0.140. The van der Waals surface area contributed by atoms with E-state index >= 15 is 0 Å². The van der Waals surface area contributed by atoms with Gasteiger partial charge in [-0.15, -0.1) is 0 Å². The summed E-state index contributed by atoms with van der Waals surface area (Å²) >= 11 is 0. The Morgan fingerprint density at radius 2 is 1.94 bits per heavy atom. The van der Waals surface area contributed by atoms with Gasteiger partial charge in [-0.05, 0) is 12.1 Å². The van der Waals surface area contributed by atoms with E-state index in [9.17, 15) is 22.4 Å². The van der Waals surface area contributed by atoms with E-state index in [0.717, 1.165) is 7.11 Å². The first-order valence-corrected chi connectivity index (χ1v) is 3.96. The molecule has 0 radical (unpaired) electrons. The Labute approximate surface area is 87.3 Å². The number of carbonyl (C=O) groups is 1. The lowest BCUT2D eigenvalue weighted by Crippen LogP contribution is -2.11. The number of benzene rings is 1. The Balaban J connectivity index is 3.35. The van der Waals surface area contributed by atoms with Crippen molar-refractivity contribution in [3.63, 3.8) is 0 Å². The largest absolute Gasteiger partial charge is 0.504 e. The molecule has 0 aliphatic carbocycles. The molecule has 0 unspecified atom stereocenters. The molecule has 0 atom stereocenters. The molecular weight excluding hydrogens is 232 g/mol. The topological polar surface area (TPSA) is 46.5 Å². The molecule has 7 heteroatoms. The van der Waals surface area contributed by atoms with Crippen LogP contribution in [0.4, 0.5) is 17.6 Å². The van der Waals surface area contributed by atoms with Crippen molar-refractivity contribution in [3.05, 3.63) is 29.1 Å². The van der Waals surface area contributed by atoms with Crippen molar-refractivity contribution in [3.8, 4) is 5.75 Å². The summed E-state index contributed by atoms with van der Waals surface area (Å²) in [5.41, 5.74) is -2.30. The second-order valence-electron chi connectivity index (χ2n) is 2.81. The zero-order valence-electron chi connectivity index (χ0n) is 7.93. The van der Waals surface area contributed by atoms with Gasteiger partial charge in [-0.3, -0.25) is 0 Å². The van der Waals surface area contributed by atoms with E-state index in [1.807, 2.05) is 0 Å². The number of esters is 1. The first kappa shape index (κ1) is 12.3. The van der Waals surface area contributed by atoms with Gasteiger partial charge < -0.3 is 9.84 Å². The minimum atomic E-state index is -4.93. The summed E-state index contributed by atoms with van der Waals surface area (Å²) in [6.07, 6.45) is -4.93. The van der Waals surface area contributed by atoms with Crippen LogP contribution in [0.15, 0.2) is 12.1 Å².